The number of benzene rings is 1. The zero-order chi connectivity index (χ0) is 15.0. The third kappa shape index (κ3) is 6.98. The van der Waals surface area contributed by atoms with Crippen molar-refractivity contribution in [3.63, 3.8) is 0 Å². The van der Waals surface area contributed by atoms with Gasteiger partial charge in [-0.1, -0.05) is 26.0 Å². The van der Waals surface area contributed by atoms with E-state index < -0.39 is 0 Å². The molecule has 0 unspecified atom stereocenters. The predicted octanol–water partition coefficient (Wildman–Crippen LogP) is 4.61. The SMILES string of the molecule is CC(C)NCc1cccc(SCCCC(C)(C)C#N)c1. The van der Waals surface area contributed by atoms with Crippen LogP contribution < -0.4 is 5.32 Å². The van der Waals surface area contributed by atoms with Crippen LogP contribution in [-0.4, -0.2) is 11.8 Å². The number of hydrogen-bond donors (Lipinski definition) is 1. The summed E-state index contributed by atoms with van der Waals surface area (Å²) in [5, 5.41) is 12.4. The minimum atomic E-state index is -0.191. The van der Waals surface area contributed by atoms with Crippen molar-refractivity contribution < 1.29 is 0 Å². The fraction of sp³-hybridized carbons (Fsp3) is 0.588. The first-order valence-electron chi connectivity index (χ1n) is 7.29. The molecule has 0 fully saturated rings. The first-order chi connectivity index (χ1) is 9.43. The molecule has 0 aliphatic carbocycles. The summed E-state index contributed by atoms with van der Waals surface area (Å²) in [6, 6.07) is 11.6. The molecule has 3 heteroatoms. The molecule has 0 bridgehead atoms. The van der Waals surface area contributed by atoms with Gasteiger partial charge in [0.05, 0.1) is 11.5 Å². The molecule has 0 saturated carbocycles. The van der Waals surface area contributed by atoms with Crippen molar-refractivity contribution in [2.45, 2.75) is 58.0 Å². The van der Waals surface area contributed by atoms with Gasteiger partial charge in [-0.15, -0.1) is 11.8 Å². The van der Waals surface area contributed by atoms with Crippen LogP contribution in [0.2, 0.25) is 0 Å². The van der Waals surface area contributed by atoms with Crippen LogP contribution in [0.3, 0.4) is 0 Å². The Bertz CT molecular complexity index is 447. The summed E-state index contributed by atoms with van der Waals surface area (Å²) in [4.78, 5) is 1.32. The maximum absolute atomic E-state index is 8.99. The maximum Gasteiger partial charge on any atom is 0.0683 e. The molecule has 110 valence electrons. The van der Waals surface area contributed by atoms with Gasteiger partial charge in [-0.25, -0.2) is 0 Å². The van der Waals surface area contributed by atoms with Crippen molar-refractivity contribution in [1.29, 1.82) is 5.26 Å². The highest BCUT2D eigenvalue weighted by molar-refractivity contribution is 7.99. The quantitative estimate of drug-likeness (QED) is 0.561. The third-order valence-corrected chi connectivity index (χ3v) is 4.21. The third-order valence-electron chi connectivity index (χ3n) is 3.13. The van der Waals surface area contributed by atoms with Gasteiger partial charge < -0.3 is 5.32 Å². The molecular formula is C17H26N2S. The Balaban J connectivity index is 2.37. The number of rotatable bonds is 8. The molecule has 20 heavy (non-hydrogen) atoms. The van der Waals surface area contributed by atoms with Crippen LogP contribution in [0.15, 0.2) is 29.2 Å². The topological polar surface area (TPSA) is 35.8 Å². The Kier molecular flexibility index (Phi) is 7.12. The molecule has 0 saturated heterocycles. The van der Waals surface area contributed by atoms with E-state index in [0.717, 1.165) is 25.1 Å². The van der Waals surface area contributed by atoms with Crippen LogP contribution in [0.1, 0.15) is 46.1 Å². The average molecular weight is 290 g/mol. The molecule has 0 aliphatic rings. The number of thioether (sulfide) groups is 1. The van der Waals surface area contributed by atoms with Gasteiger partial charge in [0.2, 0.25) is 0 Å². The molecule has 1 aromatic carbocycles. The highest BCUT2D eigenvalue weighted by Crippen LogP contribution is 2.25. The average Bonchev–Trinajstić information content (AvgIpc) is 2.42. The van der Waals surface area contributed by atoms with Gasteiger partial charge in [-0.3, -0.25) is 0 Å². The second-order valence-corrected chi connectivity index (χ2v) is 7.30. The fourth-order valence-electron chi connectivity index (χ4n) is 1.83. The van der Waals surface area contributed by atoms with E-state index in [1.807, 2.05) is 25.6 Å². The molecule has 2 nitrogen and oxygen atoms in total. The molecule has 0 aliphatic heterocycles. The van der Waals surface area contributed by atoms with Gasteiger partial charge in [-0.05, 0) is 50.1 Å². The molecule has 0 heterocycles. The summed E-state index contributed by atoms with van der Waals surface area (Å²) in [6.45, 7) is 9.27. The summed E-state index contributed by atoms with van der Waals surface area (Å²) >= 11 is 1.88. The lowest BCUT2D eigenvalue weighted by Crippen LogP contribution is -2.21. The standard InChI is InChI=1S/C17H26N2S/c1-14(2)19-12-15-7-5-8-16(11-15)20-10-6-9-17(3,4)13-18/h5,7-8,11,14,19H,6,9-10,12H2,1-4H3. The van der Waals surface area contributed by atoms with Crippen LogP contribution in [0.4, 0.5) is 0 Å². The molecule has 1 rings (SSSR count). The second-order valence-electron chi connectivity index (χ2n) is 6.13. The van der Waals surface area contributed by atoms with E-state index in [2.05, 4.69) is 49.5 Å². The summed E-state index contributed by atoms with van der Waals surface area (Å²) < 4.78 is 0. The van der Waals surface area contributed by atoms with Gasteiger partial charge in [0.25, 0.3) is 0 Å². The summed E-state index contributed by atoms with van der Waals surface area (Å²) in [6.07, 6.45) is 2.05. The number of hydrogen-bond acceptors (Lipinski definition) is 3. The summed E-state index contributed by atoms with van der Waals surface area (Å²) in [5.74, 6) is 1.08. The smallest absolute Gasteiger partial charge is 0.0683 e. The van der Waals surface area contributed by atoms with E-state index in [4.69, 9.17) is 5.26 Å². The highest BCUT2D eigenvalue weighted by atomic mass is 32.2. The molecule has 0 amide bonds. The lowest BCUT2D eigenvalue weighted by Gasteiger charge is -2.14. The molecule has 1 aromatic rings. The van der Waals surface area contributed by atoms with Gasteiger partial charge >= 0.3 is 0 Å². The Labute approximate surface area is 128 Å². The number of nitrogens with one attached hydrogen (secondary N) is 1. The van der Waals surface area contributed by atoms with Crippen molar-refractivity contribution >= 4 is 11.8 Å². The number of nitrogens with zero attached hydrogens (tertiary/aromatic N) is 1. The Hall–Kier alpha value is -0.980. The maximum atomic E-state index is 8.99. The van der Waals surface area contributed by atoms with E-state index >= 15 is 0 Å². The van der Waals surface area contributed by atoms with Crippen molar-refractivity contribution in [3.8, 4) is 6.07 Å². The fourth-order valence-corrected chi connectivity index (χ4v) is 2.76. The predicted molar refractivity (Wildman–Crippen MR) is 87.8 cm³/mol. The van der Waals surface area contributed by atoms with Crippen LogP contribution in [-0.2, 0) is 6.54 Å². The van der Waals surface area contributed by atoms with E-state index in [1.54, 1.807) is 0 Å². The Morgan fingerprint density at radius 1 is 1.35 bits per heavy atom. The van der Waals surface area contributed by atoms with E-state index in [0.29, 0.717) is 6.04 Å². The zero-order valence-electron chi connectivity index (χ0n) is 13.1. The van der Waals surface area contributed by atoms with Gasteiger partial charge in [0, 0.05) is 17.5 Å². The summed E-state index contributed by atoms with van der Waals surface area (Å²) in [5.41, 5.74) is 1.14. The summed E-state index contributed by atoms with van der Waals surface area (Å²) in [7, 11) is 0. The van der Waals surface area contributed by atoms with Crippen molar-refractivity contribution in [3.05, 3.63) is 29.8 Å². The van der Waals surface area contributed by atoms with Crippen molar-refractivity contribution in [1.82, 2.24) is 5.32 Å². The first-order valence-corrected chi connectivity index (χ1v) is 8.28. The van der Waals surface area contributed by atoms with Crippen molar-refractivity contribution in [2.24, 2.45) is 5.41 Å². The van der Waals surface area contributed by atoms with E-state index in [-0.39, 0.29) is 5.41 Å². The lowest BCUT2D eigenvalue weighted by molar-refractivity contribution is 0.448. The lowest BCUT2D eigenvalue weighted by atomic mass is 9.90. The number of nitriles is 1. The zero-order valence-corrected chi connectivity index (χ0v) is 13.9. The molecule has 1 N–H and O–H groups in total. The molecule has 0 atom stereocenters. The second kappa shape index (κ2) is 8.34. The largest absolute Gasteiger partial charge is 0.310 e. The van der Waals surface area contributed by atoms with Gasteiger partial charge in [-0.2, -0.15) is 5.26 Å². The minimum Gasteiger partial charge on any atom is -0.310 e. The normalized spacial score (nSPS) is 11.6. The first kappa shape index (κ1) is 17.1. The van der Waals surface area contributed by atoms with Crippen LogP contribution in [0, 0.1) is 16.7 Å². The Morgan fingerprint density at radius 2 is 2.10 bits per heavy atom. The van der Waals surface area contributed by atoms with Crippen molar-refractivity contribution in [2.75, 3.05) is 5.75 Å². The highest BCUT2D eigenvalue weighted by Gasteiger charge is 2.15. The van der Waals surface area contributed by atoms with Crippen LogP contribution in [0.25, 0.3) is 0 Å². The van der Waals surface area contributed by atoms with Gasteiger partial charge in [0.1, 0.15) is 0 Å². The molecular weight excluding hydrogens is 264 g/mol. The van der Waals surface area contributed by atoms with E-state index in [9.17, 15) is 0 Å². The minimum absolute atomic E-state index is 0.191. The Morgan fingerprint density at radius 3 is 2.75 bits per heavy atom. The molecule has 0 spiro atoms. The van der Waals surface area contributed by atoms with Crippen LogP contribution in [0.5, 0.6) is 0 Å². The molecule has 0 radical (unpaired) electrons. The van der Waals surface area contributed by atoms with Gasteiger partial charge in [0.15, 0.2) is 0 Å². The monoisotopic (exact) mass is 290 g/mol. The molecule has 0 aromatic heterocycles. The van der Waals surface area contributed by atoms with E-state index in [1.165, 1.54) is 10.5 Å². The van der Waals surface area contributed by atoms with Crippen LogP contribution >= 0.6 is 11.8 Å².